The van der Waals surface area contributed by atoms with Gasteiger partial charge in [-0.25, -0.2) is 0 Å². The van der Waals surface area contributed by atoms with Gasteiger partial charge in [-0.1, -0.05) is 59.6 Å². The normalized spacial score (nSPS) is 12.0. The molecule has 0 unspecified atom stereocenters. The Kier molecular flexibility index (Phi) is 5.98. The molecule has 0 aliphatic heterocycles. The monoisotopic (exact) mass is 402 g/mol. The van der Waals surface area contributed by atoms with Crippen molar-refractivity contribution in [3.8, 4) is 0 Å². The molecule has 1 heterocycles. The van der Waals surface area contributed by atoms with Gasteiger partial charge in [-0.2, -0.15) is 15.0 Å². The number of rotatable bonds is 6. The van der Waals surface area contributed by atoms with Gasteiger partial charge in [-0.3, -0.25) is 0 Å². The molecule has 0 bridgehead atoms. The quantitative estimate of drug-likeness (QED) is 0.642. The second-order valence-corrected chi connectivity index (χ2v) is 6.94. The highest BCUT2D eigenvalue weighted by molar-refractivity contribution is 6.42. The van der Waals surface area contributed by atoms with Crippen molar-refractivity contribution in [2.45, 2.75) is 19.4 Å². The topological polar surface area (TPSA) is 94.0 Å². The molecule has 1 atom stereocenters. The third-order valence-corrected chi connectivity index (χ3v) is 5.03. The number of aromatic nitrogens is 3. The van der Waals surface area contributed by atoms with E-state index < -0.39 is 0 Å². The van der Waals surface area contributed by atoms with Crippen molar-refractivity contribution in [2.24, 2.45) is 0 Å². The second-order valence-electron chi connectivity index (χ2n) is 6.13. The molecule has 4 N–H and O–H groups in total. The number of benzene rings is 2. The van der Waals surface area contributed by atoms with E-state index in [-0.39, 0.29) is 17.9 Å². The van der Waals surface area contributed by atoms with Gasteiger partial charge >= 0.3 is 0 Å². The van der Waals surface area contributed by atoms with E-state index in [9.17, 15) is 0 Å². The van der Waals surface area contributed by atoms with Gasteiger partial charge in [0.2, 0.25) is 17.8 Å². The first kappa shape index (κ1) is 19.2. The highest BCUT2D eigenvalue weighted by Gasteiger charge is 2.20. The van der Waals surface area contributed by atoms with Crippen molar-refractivity contribution >= 4 is 41.0 Å². The van der Waals surface area contributed by atoms with E-state index in [0.717, 1.165) is 17.5 Å². The van der Waals surface area contributed by atoms with Gasteiger partial charge < -0.3 is 16.4 Å². The summed E-state index contributed by atoms with van der Waals surface area (Å²) < 4.78 is 0. The van der Waals surface area contributed by atoms with Crippen molar-refractivity contribution in [2.75, 3.05) is 22.9 Å². The van der Waals surface area contributed by atoms with Gasteiger partial charge in [0.05, 0.1) is 16.1 Å². The predicted octanol–water partition coefficient (Wildman–Crippen LogP) is 4.15. The fraction of sp³-hybridized carbons (Fsp3) is 0.211. The summed E-state index contributed by atoms with van der Waals surface area (Å²) in [4.78, 5) is 14.5. The third-order valence-electron chi connectivity index (χ3n) is 4.29. The third kappa shape index (κ3) is 4.78. The molecule has 140 valence electrons. The van der Waals surface area contributed by atoms with Crippen LogP contribution < -0.4 is 16.4 Å². The molecule has 3 aromatic rings. The summed E-state index contributed by atoms with van der Waals surface area (Å²) in [7, 11) is 0. The maximum atomic E-state index is 6.13. The summed E-state index contributed by atoms with van der Waals surface area (Å²) >= 11 is 12.1. The number of nitrogens with two attached hydrogens (primary N) is 2. The first-order chi connectivity index (χ1) is 12.9. The molecule has 0 aliphatic rings. The van der Waals surface area contributed by atoms with E-state index in [4.69, 9.17) is 34.7 Å². The fourth-order valence-electron chi connectivity index (χ4n) is 2.85. The predicted molar refractivity (Wildman–Crippen MR) is 111 cm³/mol. The molecular weight excluding hydrogens is 383 g/mol. The lowest BCUT2D eigenvalue weighted by Gasteiger charge is -2.30. The van der Waals surface area contributed by atoms with Crippen LogP contribution in [0.2, 0.25) is 10.0 Å². The molecule has 0 saturated carbocycles. The molecule has 0 saturated heterocycles. The van der Waals surface area contributed by atoms with Gasteiger partial charge in [0.25, 0.3) is 0 Å². The van der Waals surface area contributed by atoms with Crippen LogP contribution in [0.25, 0.3) is 0 Å². The van der Waals surface area contributed by atoms with Crippen molar-refractivity contribution in [3.63, 3.8) is 0 Å². The van der Waals surface area contributed by atoms with Crippen LogP contribution >= 0.6 is 23.2 Å². The first-order valence-electron chi connectivity index (χ1n) is 8.46. The molecule has 8 heteroatoms. The summed E-state index contributed by atoms with van der Waals surface area (Å²) in [6, 6.07) is 15.7. The summed E-state index contributed by atoms with van der Waals surface area (Å²) in [6.45, 7) is 2.72. The largest absolute Gasteiger partial charge is 0.368 e. The minimum Gasteiger partial charge on any atom is -0.368 e. The smallest absolute Gasteiger partial charge is 0.232 e. The van der Waals surface area contributed by atoms with Crippen LogP contribution in [-0.2, 0) is 6.42 Å². The van der Waals surface area contributed by atoms with Crippen LogP contribution in [0.1, 0.15) is 24.1 Å². The van der Waals surface area contributed by atoms with Crippen molar-refractivity contribution < 1.29 is 0 Å². The molecule has 0 spiro atoms. The van der Waals surface area contributed by atoms with Gasteiger partial charge in [-0.05, 0) is 36.6 Å². The molecule has 2 aromatic carbocycles. The summed E-state index contributed by atoms with van der Waals surface area (Å²) in [6.07, 6.45) is 0.722. The van der Waals surface area contributed by atoms with Gasteiger partial charge in [0.15, 0.2) is 0 Å². The highest BCUT2D eigenvalue weighted by atomic mass is 35.5. The summed E-state index contributed by atoms with van der Waals surface area (Å²) in [5.41, 5.74) is 13.7. The van der Waals surface area contributed by atoms with E-state index in [2.05, 4.69) is 34.0 Å². The Hall–Kier alpha value is -2.57. The molecule has 3 rings (SSSR count). The molecule has 0 radical (unpaired) electrons. The van der Waals surface area contributed by atoms with Crippen molar-refractivity contribution in [1.29, 1.82) is 0 Å². The SMILES string of the molecule is C[C@@H](c1ccccc1)N(CCc1ccc(Cl)c(Cl)c1)c1nc(N)nc(N)n1. The standard InChI is InChI=1S/C19H20Cl2N6/c1-12(14-5-3-2-4-6-14)27(19-25-17(22)24-18(23)26-19)10-9-13-7-8-15(20)16(21)11-13/h2-8,11-12H,9-10H2,1H3,(H4,22,23,24,25,26)/t12-/m0/s1. The summed E-state index contributed by atoms with van der Waals surface area (Å²) in [5.74, 6) is 0.631. The maximum absolute atomic E-state index is 6.13. The number of nitrogen functional groups attached to an aromatic ring is 2. The zero-order valence-electron chi connectivity index (χ0n) is 14.8. The van der Waals surface area contributed by atoms with Crippen LogP contribution in [-0.4, -0.2) is 21.5 Å². The lowest BCUT2D eigenvalue weighted by atomic mass is 10.1. The lowest BCUT2D eigenvalue weighted by molar-refractivity contribution is 0.646. The lowest BCUT2D eigenvalue weighted by Crippen LogP contribution is -2.31. The Morgan fingerprint density at radius 3 is 2.22 bits per heavy atom. The minimum atomic E-state index is 0.00942. The van der Waals surface area contributed by atoms with Gasteiger partial charge in [-0.15, -0.1) is 0 Å². The molecule has 6 nitrogen and oxygen atoms in total. The Bertz CT molecular complexity index is 899. The molecule has 0 aliphatic carbocycles. The average molecular weight is 403 g/mol. The Balaban J connectivity index is 1.90. The molecule has 0 fully saturated rings. The van der Waals surface area contributed by atoms with Crippen LogP contribution in [0.4, 0.5) is 17.8 Å². The Morgan fingerprint density at radius 2 is 1.59 bits per heavy atom. The number of hydrogen-bond acceptors (Lipinski definition) is 6. The Morgan fingerprint density at radius 1 is 0.926 bits per heavy atom. The van der Waals surface area contributed by atoms with E-state index in [1.54, 1.807) is 6.07 Å². The average Bonchev–Trinajstić information content (AvgIpc) is 2.64. The number of nitrogens with zero attached hydrogens (tertiary/aromatic N) is 4. The molecular formula is C19H20Cl2N6. The van der Waals surface area contributed by atoms with Gasteiger partial charge in [0, 0.05) is 6.54 Å². The molecule has 1 aromatic heterocycles. The second kappa shape index (κ2) is 8.41. The van der Waals surface area contributed by atoms with Gasteiger partial charge in [0.1, 0.15) is 0 Å². The zero-order valence-corrected chi connectivity index (χ0v) is 16.3. The van der Waals surface area contributed by atoms with E-state index in [0.29, 0.717) is 22.5 Å². The maximum Gasteiger partial charge on any atom is 0.232 e. The first-order valence-corrected chi connectivity index (χ1v) is 9.22. The van der Waals surface area contributed by atoms with Crippen LogP contribution in [0, 0.1) is 0 Å². The van der Waals surface area contributed by atoms with E-state index in [1.807, 2.05) is 35.2 Å². The van der Waals surface area contributed by atoms with E-state index >= 15 is 0 Å². The highest BCUT2D eigenvalue weighted by Crippen LogP contribution is 2.27. The van der Waals surface area contributed by atoms with E-state index in [1.165, 1.54) is 0 Å². The Labute approximate surface area is 168 Å². The fourth-order valence-corrected chi connectivity index (χ4v) is 3.17. The molecule has 27 heavy (non-hydrogen) atoms. The zero-order chi connectivity index (χ0) is 19.4. The van der Waals surface area contributed by atoms with Crippen LogP contribution in [0.3, 0.4) is 0 Å². The number of hydrogen-bond donors (Lipinski definition) is 2. The number of halogens is 2. The minimum absolute atomic E-state index is 0.00942. The molecule has 0 amide bonds. The van der Waals surface area contributed by atoms with Crippen LogP contribution in [0.5, 0.6) is 0 Å². The van der Waals surface area contributed by atoms with Crippen molar-refractivity contribution in [3.05, 3.63) is 69.7 Å². The summed E-state index contributed by atoms with van der Waals surface area (Å²) in [5, 5.41) is 1.07. The number of anilines is 3. The van der Waals surface area contributed by atoms with Crippen LogP contribution in [0.15, 0.2) is 48.5 Å². The van der Waals surface area contributed by atoms with Crippen molar-refractivity contribution in [1.82, 2.24) is 15.0 Å².